The number of benzene rings is 2. The molecule has 0 aromatic heterocycles. The maximum absolute atomic E-state index is 11.3. The van der Waals surface area contributed by atoms with Gasteiger partial charge < -0.3 is 15.2 Å². The molecule has 0 aliphatic heterocycles. The molecule has 0 heterocycles. The van der Waals surface area contributed by atoms with Crippen molar-refractivity contribution in [2.75, 3.05) is 13.2 Å². The second kappa shape index (κ2) is 7.46. The second-order valence-electron chi connectivity index (χ2n) is 4.46. The third-order valence-electron chi connectivity index (χ3n) is 2.85. The average molecular weight is 337 g/mol. The van der Waals surface area contributed by atoms with Crippen molar-refractivity contribution in [2.45, 2.75) is 0 Å². The Kier molecular flexibility index (Phi) is 5.37. The molecule has 23 heavy (non-hydrogen) atoms. The zero-order chi connectivity index (χ0) is 16.8. The normalized spacial score (nSPS) is 10.1. The molecule has 1 amide bonds. The van der Waals surface area contributed by atoms with Crippen molar-refractivity contribution in [3.8, 4) is 11.5 Å². The minimum Gasteiger partial charge on any atom is -0.490 e. The van der Waals surface area contributed by atoms with Gasteiger partial charge in [0.1, 0.15) is 24.7 Å². The molecule has 0 aliphatic carbocycles. The predicted molar refractivity (Wildman–Crippen MR) is 84.1 cm³/mol. The molecule has 0 fully saturated rings. The number of rotatable bonds is 7. The summed E-state index contributed by atoms with van der Waals surface area (Å²) in [5.74, 6) is 0.000626. The third kappa shape index (κ3) is 4.58. The van der Waals surface area contributed by atoms with Gasteiger partial charge in [-0.15, -0.1) is 0 Å². The number of amides is 1. The molecule has 0 aliphatic rings. The van der Waals surface area contributed by atoms with Crippen LogP contribution < -0.4 is 15.2 Å². The summed E-state index contributed by atoms with van der Waals surface area (Å²) in [6.45, 7) is 0.270. The van der Waals surface area contributed by atoms with Crippen molar-refractivity contribution >= 4 is 23.2 Å². The predicted octanol–water partition coefficient (Wildman–Crippen LogP) is 2.80. The van der Waals surface area contributed by atoms with E-state index in [0.29, 0.717) is 16.5 Å². The molecule has 8 heteroatoms. The van der Waals surface area contributed by atoms with Gasteiger partial charge in [-0.3, -0.25) is 14.9 Å². The fourth-order valence-electron chi connectivity index (χ4n) is 1.82. The summed E-state index contributed by atoms with van der Waals surface area (Å²) >= 11 is 5.80. The van der Waals surface area contributed by atoms with E-state index in [4.69, 9.17) is 26.8 Å². The molecule has 0 unspecified atom stereocenters. The Hall–Kier alpha value is -2.80. The average Bonchev–Trinajstić information content (AvgIpc) is 2.52. The summed E-state index contributed by atoms with van der Waals surface area (Å²) in [5, 5.41) is 11.0. The molecule has 0 saturated heterocycles. The number of carbonyl (C=O) groups excluding carboxylic acids is 1. The van der Waals surface area contributed by atoms with Gasteiger partial charge in [-0.25, -0.2) is 0 Å². The van der Waals surface area contributed by atoms with Crippen molar-refractivity contribution < 1.29 is 19.2 Å². The maximum atomic E-state index is 11.3. The molecule has 2 aromatic rings. The molecule has 2 rings (SSSR count). The summed E-state index contributed by atoms with van der Waals surface area (Å²) in [6, 6.07) is 10.3. The van der Waals surface area contributed by atoms with Crippen molar-refractivity contribution in [2.24, 2.45) is 5.73 Å². The number of ether oxygens (including phenoxy) is 2. The summed E-state index contributed by atoms with van der Waals surface area (Å²) in [4.78, 5) is 21.5. The van der Waals surface area contributed by atoms with E-state index in [9.17, 15) is 14.9 Å². The van der Waals surface area contributed by atoms with Crippen molar-refractivity contribution in [3.63, 3.8) is 0 Å². The largest absolute Gasteiger partial charge is 0.490 e. The number of nitro groups is 1. The lowest BCUT2D eigenvalue weighted by molar-refractivity contribution is -0.384. The summed E-state index contributed by atoms with van der Waals surface area (Å²) in [5.41, 5.74) is 5.37. The van der Waals surface area contributed by atoms with Crippen LogP contribution in [0.5, 0.6) is 11.5 Å². The number of carbonyl (C=O) groups is 1. The first-order valence-electron chi connectivity index (χ1n) is 6.57. The number of nitrogens with zero attached hydrogens (tertiary/aromatic N) is 1. The van der Waals surface area contributed by atoms with E-state index < -0.39 is 10.8 Å². The minimum atomic E-state index is -0.651. The van der Waals surface area contributed by atoms with E-state index in [1.54, 1.807) is 12.1 Å². The highest BCUT2D eigenvalue weighted by molar-refractivity contribution is 6.31. The molecule has 0 saturated carbocycles. The van der Waals surface area contributed by atoms with Crippen molar-refractivity contribution in [1.29, 1.82) is 0 Å². The number of halogens is 1. The smallest absolute Gasteiger partial charge is 0.273 e. The van der Waals surface area contributed by atoms with Gasteiger partial charge in [0.25, 0.3) is 11.6 Å². The van der Waals surface area contributed by atoms with Gasteiger partial charge in [0.15, 0.2) is 0 Å². The van der Waals surface area contributed by atoms with Crippen LogP contribution in [0.25, 0.3) is 0 Å². The first-order chi connectivity index (χ1) is 11.0. The van der Waals surface area contributed by atoms with Crippen LogP contribution >= 0.6 is 11.6 Å². The van der Waals surface area contributed by atoms with E-state index in [-0.39, 0.29) is 24.5 Å². The Labute approximate surface area is 136 Å². The van der Waals surface area contributed by atoms with Gasteiger partial charge >= 0.3 is 0 Å². The van der Waals surface area contributed by atoms with Crippen LogP contribution in [0.1, 0.15) is 10.4 Å². The maximum Gasteiger partial charge on any atom is 0.273 e. The third-order valence-corrected chi connectivity index (χ3v) is 3.08. The fraction of sp³-hybridized carbons (Fsp3) is 0.133. The lowest BCUT2D eigenvalue weighted by Gasteiger charge is -2.11. The molecule has 0 bridgehead atoms. The lowest BCUT2D eigenvalue weighted by Crippen LogP contribution is -2.15. The second-order valence-corrected chi connectivity index (χ2v) is 4.89. The number of primary amides is 1. The monoisotopic (exact) mass is 336 g/mol. The lowest BCUT2D eigenvalue weighted by atomic mass is 10.2. The molecule has 7 nitrogen and oxygen atoms in total. The van der Waals surface area contributed by atoms with Crippen LogP contribution in [0.4, 0.5) is 5.69 Å². The van der Waals surface area contributed by atoms with Crippen LogP contribution in [-0.4, -0.2) is 24.0 Å². The van der Waals surface area contributed by atoms with E-state index in [1.165, 1.54) is 30.3 Å². The fourth-order valence-corrected chi connectivity index (χ4v) is 1.99. The number of nitrogens with two attached hydrogens (primary N) is 1. The van der Waals surface area contributed by atoms with E-state index >= 15 is 0 Å². The van der Waals surface area contributed by atoms with Crippen LogP contribution in [-0.2, 0) is 0 Å². The van der Waals surface area contributed by atoms with Crippen LogP contribution in [0.2, 0.25) is 5.02 Å². The number of hydrogen-bond donors (Lipinski definition) is 1. The quantitative estimate of drug-likeness (QED) is 0.475. The molecular formula is C15H13ClN2O5. The van der Waals surface area contributed by atoms with E-state index in [0.717, 1.165) is 0 Å². The van der Waals surface area contributed by atoms with Gasteiger partial charge in [-0.05, 0) is 24.3 Å². The molecule has 120 valence electrons. The van der Waals surface area contributed by atoms with Crippen LogP contribution in [0, 0.1) is 10.1 Å². The SMILES string of the molecule is NC(=O)c1cc(Cl)ccc1OCCOc1cccc([N+](=O)[O-])c1. The van der Waals surface area contributed by atoms with Crippen molar-refractivity contribution in [3.05, 3.63) is 63.2 Å². The highest BCUT2D eigenvalue weighted by atomic mass is 35.5. The Balaban J connectivity index is 1.92. The Bertz CT molecular complexity index is 736. The highest BCUT2D eigenvalue weighted by Gasteiger charge is 2.10. The van der Waals surface area contributed by atoms with Gasteiger partial charge in [0.05, 0.1) is 16.6 Å². The molecule has 0 atom stereocenters. The van der Waals surface area contributed by atoms with Gasteiger partial charge in [-0.1, -0.05) is 17.7 Å². The first-order valence-corrected chi connectivity index (χ1v) is 6.94. The van der Waals surface area contributed by atoms with Crippen LogP contribution in [0.3, 0.4) is 0 Å². The van der Waals surface area contributed by atoms with Crippen molar-refractivity contribution in [1.82, 2.24) is 0 Å². The summed E-state index contributed by atoms with van der Waals surface area (Å²) in [7, 11) is 0. The number of non-ortho nitro benzene ring substituents is 1. The topological polar surface area (TPSA) is 105 Å². The van der Waals surface area contributed by atoms with Crippen LogP contribution in [0.15, 0.2) is 42.5 Å². The standard InChI is InChI=1S/C15H13ClN2O5/c16-10-4-5-14(13(8-10)15(17)19)23-7-6-22-12-3-1-2-11(9-12)18(20)21/h1-5,8-9H,6-7H2,(H2,17,19). The zero-order valence-electron chi connectivity index (χ0n) is 11.9. The molecule has 2 N–H and O–H groups in total. The Morgan fingerprint density at radius 1 is 1.17 bits per heavy atom. The Morgan fingerprint density at radius 3 is 2.61 bits per heavy atom. The number of nitro benzene ring substituents is 1. The van der Waals surface area contributed by atoms with Gasteiger partial charge in [0, 0.05) is 11.1 Å². The summed E-state index contributed by atoms with van der Waals surface area (Å²) in [6.07, 6.45) is 0. The molecule has 0 spiro atoms. The molecular weight excluding hydrogens is 324 g/mol. The molecule has 0 radical (unpaired) electrons. The molecule has 2 aromatic carbocycles. The van der Waals surface area contributed by atoms with E-state index in [2.05, 4.69) is 0 Å². The zero-order valence-corrected chi connectivity index (χ0v) is 12.7. The van der Waals surface area contributed by atoms with Gasteiger partial charge in [0.2, 0.25) is 0 Å². The number of hydrogen-bond acceptors (Lipinski definition) is 5. The highest BCUT2D eigenvalue weighted by Crippen LogP contribution is 2.23. The summed E-state index contributed by atoms with van der Waals surface area (Å²) < 4.78 is 10.8. The Morgan fingerprint density at radius 2 is 1.91 bits per heavy atom. The van der Waals surface area contributed by atoms with Gasteiger partial charge in [-0.2, -0.15) is 0 Å². The first kappa shape index (κ1) is 16.6. The minimum absolute atomic E-state index is 0.0582. The van der Waals surface area contributed by atoms with E-state index in [1.807, 2.05) is 0 Å².